The Labute approximate surface area is 131 Å². The molecule has 21 heavy (non-hydrogen) atoms. The molecule has 1 aliphatic rings. The van der Waals surface area contributed by atoms with Crippen molar-refractivity contribution < 1.29 is 0 Å². The highest BCUT2D eigenvalue weighted by Gasteiger charge is 2.30. The van der Waals surface area contributed by atoms with Gasteiger partial charge in [-0.3, -0.25) is 0 Å². The molecule has 1 unspecified atom stereocenters. The maximum absolute atomic E-state index is 3.63. The maximum Gasteiger partial charge on any atom is 0.0349 e. The second-order valence-electron chi connectivity index (χ2n) is 7.79. The van der Waals surface area contributed by atoms with Crippen molar-refractivity contribution in [1.82, 2.24) is 5.32 Å². The Hall–Kier alpha value is -0.820. The van der Waals surface area contributed by atoms with Crippen LogP contribution >= 0.6 is 0 Å². The van der Waals surface area contributed by atoms with Crippen molar-refractivity contribution >= 4 is 0 Å². The summed E-state index contributed by atoms with van der Waals surface area (Å²) in [5, 5.41) is 3.63. The largest absolute Gasteiger partial charge is 0.313 e. The lowest BCUT2D eigenvalue weighted by atomic mass is 9.73. The lowest BCUT2D eigenvalue weighted by Gasteiger charge is -2.36. The molecular weight excluding hydrogens is 254 g/mol. The van der Waals surface area contributed by atoms with Crippen LogP contribution in [0, 0.1) is 11.8 Å². The highest BCUT2D eigenvalue weighted by molar-refractivity contribution is 5.35. The highest BCUT2D eigenvalue weighted by Crippen LogP contribution is 2.40. The van der Waals surface area contributed by atoms with Crippen LogP contribution in [0.15, 0.2) is 24.3 Å². The fourth-order valence-electron chi connectivity index (χ4n) is 4.03. The van der Waals surface area contributed by atoms with Crippen LogP contribution in [0.5, 0.6) is 0 Å². The zero-order valence-corrected chi connectivity index (χ0v) is 14.6. The molecule has 0 bridgehead atoms. The molecule has 0 radical (unpaired) electrons. The molecule has 1 atom stereocenters. The minimum Gasteiger partial charge on any atom is -0.313 e. The van der Waals surface area contributed by atoms with Crippen molar-refractivity contribution in [3.05, 3.63) is 35.4 Å². The molecule has 1 aromatic rings. The van der Waals surface area contributed by atoms with E-state index in [0.717, 1.165) is 11.8 Å². The average Bonchev–Trinajstić information content (AvgIpc) is 2.48. The van der Waals surface area contributed by atoms with Gasteiger partial charge in [0.15, 0.2) is 0 Å². The van der Waals surface area contributed by atoms with Crippen molar-refractivity contribution in [2.75, 3.05) is 7.05 Å². The van der Waals surface area contributed by atoms with E-state index in [0.29, 0.717) is 6.04 Å². The Morgan fingerprint density at radius 1 is 1.10 bits per heavy atom. The van der Waals surface area contributed by atoms with Gasteiger partial charge in [0, 0.05) is 6.04 Å². The lowest BCUT2D eigenvalue weighted by molar-refractivity contribution is 0.223. The number of hydrogen-bond acceptors (Lipinski definition) is 1. The molecule has 0 heterocycles. The van der Waals surface area contributed by atoms with Crippen molar-refractivity contribution in [1.29, 1.82) is 0 Å². The van der Waals surface area contributed by atoms with Crippen LogP contribution in [0.25, 0.3) is 0 Å². The fraction of sp³-hybridized carbons (Fsp3) is 0.700. The highest BCUT2D eigenvalue weighted by atomic mass is 14.9. The molecule has 1 saturated carbocycles. The monoisotopic (exact) mass is 287 g/mol. The molecule has 2 rings (SSSR count). The lowest BCUT2D eigenvalue weighted by Crippen LogP contribution is -2.31. The van der Waals surface area contributed by atoms with E-state index < -0.39 is 0 Å². The zero-order chi connectivity index (χ0) is 15.5. The van der Waals surface area contributed by atoms with Crippen LogP contribution in [0.2, 0.25) is 0 Å². The molecule has 0 amide bonds. The van der Waals surface area contributed by atoms with Gasteiger partial charge in [-0.05, 0) is 48.3 Å². The summed E-state index contributed by atoms with van der Waals surface area (Å²) in [5.41, 5.74) is 3.24. The van der Waals surface area contributed by atoms with E-state index in [-0.39, 0.29) is 5.41 Å². The second-order valence-corrected chi connectivity index (χ2v) is 7.79. The number of benzene rings is 1. The molecule has 0 spiro atoms. The molecule has 118 valence electrons. The van der Waals surface area contributed by atoms with Gasteiger partial charge in [-0.1, -0.05) is 71.2 Å². The molecular formula is C20H33N. The minimum absolute atomic E-state index is 0.215. The van der Waals surface area contributed by atoms with Gasteiger partial charge in [-0.2, -0.15) is 0 Å². The molecule has 1 heteroatoms. The Kier molecular flexibility index (Phi) is 5.48. The Morgan fingerprint density at radius 2 is 1.71 bits per heavy atom. The van der Waals surface area contributed by atoms with E-state index in [1.54, 1.807) is 0 Å². The van der Waals surface area contributed by atoms with Crippen LogP contribution < -0.4 is 5.32 Å². The maximum atomic E-state index is 3.63. The first kappa shape index (κ1) is 16.5. The zero-order valence-electron chi connectivity index (χ0n) is 14.6. The molecule has 1 N–H and O–H groups in total. The summed E-state index contributed by atoms with van der Waals surface area (Å²) in [6.45, 7) is 9.32. The van der Waals surface area contributed by atoms with Gasteiger partial charge in [0.05, 0.1) is 0 Å². The summed E-state index contributed by atoms with van der Waals surface area (Å²) < 4.78 is 0. The van der Waals surface area contributed by atoms with Gasteiger partial charge >= 0.3 is 0 Å². The Balaban J connectivity index is 2.23. The smallest absolute Gasteiger partial charge is 0.0349 e. The van der Waals surface area contributed by atoms with E-state index in [9.17, 15) is 0 Å². The summed E-state index contributed by atoms with van der Waals surface area (Å²) in [5.74, 6) is 1.76. The number of hydrogen-bond donors (Lipinski definition) is 1. The summed E-state index contributed by atoms with van der Waals surface area (Å²) >= 11 is 0. The molecule has 0 saturated heterocycles. The molecule has 0 aromatic heterocycles. The summed E-state index contributed by atoms with van der Waals surface area (Å²) in [7, 11) is 2.13. The first-order valence-electron chi connectivity index (χ1n) is 8.74. The van der Waals surface area contributed by atoms with Crippen LogP contribution in [-0.2, 0) is 5.41 Å². The van der Waals surface area contributed by atoms with E-state index in [4.69, 9.17) is 0 Å². The summed E-state index contributed by atoms with van der Waals surface area (Å²) in [6.07, 6.45) is 6.94. The van der Waals surface area contributed by atoms with Crippen molar-refractivity contribution in [3.8, 4) is 0 Å². The van der Waals surface area contributed by atoms with Gasteiger partial charge in [-0.15, -0.1) is 0 Å². The predicted octanol–water partition coefficient (Wildman–Crippen LogP) is 5.46. The van der Waals surface area contributed by atoms with E-state index in [1.165, 1.54) is 43.2 Å². The van der Waals surface area contributed by atoms with Crippen LogP contribution in [0.4, 0.5) is 0 Å². The number of nitrogens with one attached hydrogen (secondary N) is 1. The van der Waals surface area contributed by atoms with Crippen molar-refractivity contribution in [3.63, 3.8) is 0 Å². The standard InChI is InChI=1S/C20H33N/c1-6-15-11-13-16(14-12-15)19(21-5)17-9-7-8-10-18(17)20(2,3)4/h7-10,15-16,19,21H,6,11-14H2,1-5H3. The first-order valence-corrected chi connectivity index (χ1v) is 8.74. The van der Waals surface area contributed by atoms with Crippen molar-refractivity contribution in [2.24, 2.45) is 11.8 Å². The van der Waals surface area contributed by atoms with E-state index in [2.05, 4.69) is 64.3 Å². The van der Waals surface area contributed by atoms with Crippen LogP contribution in [-0.4, -0.2) is 7.05 Å². The average molecular weight is 287 g/mol. The third kappa shape index (κ3) is 3.88. The third-order valence-corrected chi connectivity index (χ3v) is 5.36. The molecule has 1 fully saturated rings. The summed E-state index contributed by atoms with van der Waals surface area (Å²) in [4.78, 5) is 0. The predicted molar refractivity (Wildman–Crippen MR) is 92.7 cm³/mol. The SMILES string of the molecule is CCC1CCC(C(NC)c2ccccc2C(C)(C)C)CC1. The molecule has 0 aliphatic heterocycles. The minimum atomic E-state index is 0.215. The molecule has 1 aliphatic carbocycles. The van der Waals surface area contributed by atoms with Crippen molar-refractivity contribution in [2.45, 2.75) is 71.3 Å². The van der Waals surface area contributed by atoms with E-state index in [1.807, 2.05) is 0 Å². The van der Waals surface area contributed by atoms with Gasteiger partial charge in [0.1, 0.15) is 0 Å². The second kappa shape index (κ2) is 6.96. The Bertz CT molecular complexity index is 435. The molecule has 1 nitrogen and oxygen atoms in total. The molecule has 1 aromatic carbocycles. The summed E-state index contributed by atoms with van der Waals surface area (Å²) in [6, 6.07) is 9.56. The number of rotatable bonds is 4. The topological polar surface area (TPSA) is 12.0 Å². The fourth-order valence-corrected chi connectivity index (χ4v) is 4.03. The van der Waals surface area contributed by atoms with E-state index >= 15 is 0 Å². The van der Waals surface area contributed by atoms with Gasteiger partial charge in [-0.25, -0.2) is 0 Å². The van der Waals surface area contributed by atoms with Gasteiger partial charge in [0.25, 0.3) is 0 Å². The first-order chi connectivity index (χ1) is 9.97. The quantitative estimate of drug-likeness (QED) is 0.775. The van der Waals surface area contributed by atoms with Gasteiger partial charge < -0.3 is 5.32 Å². The van der Waals surface area contributed by atoms with Crippen LogP contribution in [0.3, 0.4) is 0 Å². The van der Waals surface area contributed by atoms with Crippen LogP contribution in [0.1, 0.15) is 77.0 Å². The Morgan fingerprint density at radius 3 is 2.24 bits per heavy atom. The van der Waals surface area contributed by atoms with Gasteiger partial charge in [0.2, 0.25) is 0 Å². The normalized spacial score (nSPS) is 24.8. The third-order valence-electron chi connectivity index (χ3n) is 5.36.